The molecule has 0 aliphatic rings. The van der Waals surface area contributed by atoms with Crippen LogP contribution in [0.2, 0.25) is 0 Å². The van der Waals surface area contributed by atoms with Crippen molar-refractivity contribution in [2.75, 3.05) is 9.80 Å². The molecule has 8 rings (SSSR count). The van der Waals surface area contributed by atoms with Crippen LogP contribution in [0.3, 0.4) is 0 Å². The summed E-state index contributed by atoms with van der Waals surface area (Å²) in [5.74, 6) is 0. The fourth-order valence-electron chi connectivity index (χ4n) is 6.67. The molecule has 0 atom stereocenters. The Labute approximate surface area is 351 Å². The third kappa shape index (κ3) is 11.4. The lowest BCUT2D eigenvalue weighted by Gasteiger charge is -2.25. The van der Waals surface area contributed by atoms with Crippen LogP contribution in [0.25, 0.3) is 0 Å². The van der Waals surface area contributed by atoms with E-state index < -0.39 is 0 Å². The number of benzene rings is 8. The summed E-state index contributed by atoms with van der Waals surface area (Å²) < 4.78 is 0. The van der Waals surface area contributed by atoms with E-state index in [1.807, 2.05) is 97.1 Å². The lowest BCUT2D eigenvalue weighted by Crippen LogP contribution is -2.21. The molecule has 292 valence electrons. The standard InChI is InChI=1S/C52H44N8/c1-5-13-41(14-6-1)37-59(38-42-15-7-2-8-16-42)51-33-29-49(30-34-51)57-55-47-25-21-45(22-26-47)53-54-46-23-27-48(28-24-46)56-58-50-31-35-52(36-32-50)60(39-43-17-9-3-10-18-43)40-44-19-11-4-12-20-44/h1-36H,37-40H2. The highest BCUT2D eigenvalue weighted by Gasteiger charge is 2.11. The highest BCUT2D eigenvalue weighted by atomic mass is 15.1. The quantitative estimate of drug-likeness (QED) is 0.0915. The zero-order valence-corrected chi connectivity index (χ0v) is 33.2. The molecule has 60 heavy (non-hydrogen) atoms. The minimum absolute atomic E-state index is 0.716. The summed E-state index contributed by atoms with van der Waals surface area (Å²) in [5.41, 5.74) is 11.7. The van der Waals surface area contributed by atoms with E-state index in [2.05, 4.69) is 162 Å². The van der Waals surface area contributed by atoms with Crippen LogP contribution in [0.15, 0.2) is 249 Å². The van der Waals surface area contributed by atoms with Crippen LogP contribution in [-0.4, -0.2) is 0 Å². The summed E-state index contributed by atoms with van der Waals surface area (Å²) in [6.07, 6.45) is 0. The van der Waals surface area contributed by atoms with Crippen LogP contribution in [-0.2, 0) is 26.2 Å². The van der Waals surface area contributed by atoms with E-state index in [4.69, 9.17) is 0 Å². The number of hydrogen-bond donors (Lipinski definition) is 0. The normalized spacial score (nSPS) is 11.4. The lowest BCUT2D eigenvalue weighted by atomic mass is 10.1. The Bertz CT molecular complexity index is 2330. The van der Waals surface area contributed by atoms with Gasteiger partial charge in [-0.05, 0) is 119 Å². The van der Waals surface area contributed by atoms with Gasteiger partial charge >= 0.3 is 0 Å². The Kier molecular flexibility index (Phi) is 13.0. The van der Waals surface area contributed by atoms with Crippen molar-refractivity contribution < 1.29 is 0 Å². The number of nitrogens with zero attached hydrogens (tertiary/aromatic N) is 8. The molecule has 0 heterocycles. The smallest absolute Gasteiger partial charge is 0.0858 e. The third-order valence-corrected chi connectivity index (χ3v) is 9.84. The largest absolute Gasteiger partial charge is 0.363 e. The van der Waals surface area contributed by atoms with Crippen LogP contribution in [0, 0.1) is 0 Å². The molecule has 0 saturated carbocycles. The fourth-order valence-corrected chi connectivity index (χ4v) is 6.67. The monoisotopic (exact) mass is 780 g/mol. The molecule has 0 fully saturated rings. The van der Waals surface area contributed by atoms with Crippen molar-refractivity contribution in [1.29, 1.82) is 0 Å². The molecule has 0 aromatic heterocycles. The molecule has 0 amide bonds. The van der Waals surface area contributed by atoms with Gasteiger partial charge in [-0.15, -0.1) is 0 Å². The Morgan fingerprint density at radius 2 is 0.400 bits per heavy atom. The molecule has 8 aromatic carbocycles. The van der Waals surface area contributed by atoms with E-state index in [0.717, 1.165) is 60.3 Å². The van der Waals surface area contributed by atoms with Crippen molar-refractivity contribution in [1.82, 2.24) is 0 Å². The second-order valence-corrected chi connectivity index (χ2v) is 14.3. The first-order valence-corrected chi connectivity index (χ1v) is 20.0. The average molecular weight is 781 g/mol. The molecule has 0 saturated heterocycles. The highest BCUT2D eigenvalue weighted by Crippen LogP contribution is 2.29. The molecular weight excluding hydrogens is 737 g/mol. The van der Waals surface area contributed by atoms with Crippen LogP contribution in [0.1, 0.15) is 22.3 Å². The third-order valence-electron chi connectivity index (χ3n) is 9.84. The van der Waals surface area contributed by atoms with Crippen molar-refractivity contribution in [3.8, 4) is 0 Å². The highest BCUT2D eigenvalue weighted by molar-refractivity contribution is 5.56. The van der Waals surface area contributed by atoms with E-state index in [1.54, 1.807) is 0 Å². The SMILES string of the molecule is c1ccc(CN(Cc2ccccc2)c2ccc(N=Nc3ccc(N=Nc4ccc(N=Nc5ccc(N(Cc6ccccc6)Cc6ccccc6)cc5)cc4)cc3)cc2)cc1. The molecule has 0 radical (unpaired) electrons. The maximum absolute atomic E-state index is 4.48. The molecule has 0 bridgehead atoms. The van der Waals surface area contributed by atoms with Gasteiger partial charge in [0, 0.05) is 37.6 Å². The number of anilines is 2. The summed E-state index contributed by atoms with van der Waals surface area (Å²) in [4.78, 5) is 4.74. The molecule has 0 aliphatic heterocycles. The van der Waals surface area contributed by atoms with Crippen molar-refractivity contribution >= 4 is 45.5 Å². The van der Waals surface area contributed by atoms with E-state index in [-0.39, 0.29) is 0 Å². The minimum atomic E-state index is 0.716. The maximum Gasteiger partial charge on any atom is 0.0858 e. The fraction of sp³-hybridized carbons (Fsp3) is 0.0769. The molecule has 8 aromatic rings. The molecule has 0 spiro atoms. The predicted molar refractivity (Wildman–Crippen MR) is 244 cm³/mol. The van der Waals surface area contributed by atoms with Crippen molar-refractivity contribution in [2.24, 2.45) is 30.7 Å². The van der Waals surface area contributed by atoms with Gasteiger partial charge < -0.3 is 9.80 Å². The first-order chi connectivity index (χ1) is 29.7. The number of hydrogen-bond acceptors (Lipinski definition) is 8. The zero-order chi connectivity index (χ0) is 40.6. The Morgan fingerprint density at radius 3 is 0.600 bits per heavy atom. The molecule has 0 N–H and O–H groups in total. The van der Waals surface area contributed by atoms with Gasteiger partial charge in [-0.25, -0.2) is 0 Å². The second kappa shape index (κ2) is 20.0. The van der Waals surface area contributed by atoms with E-state index >= 15 is 0 Å². The lowest BCUT2D eigenvalue weighted by molar-refractivity contribution is 0.800. The molecule has 8 nitrogen and oxygen atoms in total. The van der Waals surface area contributed by atoms with Gasteiger partial charge in [-0.1, -0.05) is 121 Å². The average Bonchev–Trinajstić information content (AvgIpc) is 3.31. The first-order valence-electron chi connectivity index (χ1n) is 20.0. The van der Waals surface area contributed by atoms with E-state index in [9.17, 15) is 0 Å². The van der Waals surface area contributed by atoms with E-state index in [1.165, 1.54) is 22.3 Å². The van der Waals surface area contributed by atoms with Gasteiger partial charge in [0.1, 0.15) is 0 Å². The molecule has 0 unspecified atom stereocenters. The Balaban J connectivity index is 0.845. The Morgan fingerprint density at radius 1 is 0.217 bits per heavy atom. The molecular formula is C52H44N8. The summed E-state index contributed by atoms with van der Waals surface area (Å²) in [7, 11) is 0. The second-order valence-electron chi connectivity index (χ2n) is 14.3. The van der Waals surface area contributed by atoms with Gasteiger partial charge in [-0.3, -0.25) is 0 Å². The van der Waals surface area contributed by atoms with Crippen LogP contribution in [0.5, 0.6) is 0 Å². The van der Waals surface area contributed by atoms with Crippen LogP contribution < -0.4 is 9.80 Å². The summed E-state index contributed by atoms with van der Waals surface area (Å²) >= 11 is 0. The topological polar surface area (TPSA) is 80.6 Å². The van der Waals surface area contributed by atoms with Crippen molar-refractivity contribution in [2.45, 2.75) is 26.2 Å². The molecule has 0 aliphatic carbocycles. The summed E-state index contributed by atoms with van der Waals surface area (Å²) in [6, 6.07) is 73.6. The van der Waals surface area contributed by atoms with Gasteiger partial charge in [-0.2, -0.15) is 30.7 Å². The predicted octanol–water partition coefficient (Wildman–Crippen LogP) is 15.3. The maximum atomic E-state index is 4.48. The van der Waals surface area contributed by atoms with Gasteiger partial charge in [0.15, 0.2) is 0 Å². The molecule has 8 heteroatoms. The van der Waals surface area contributed by atoms with Crippen molar-refractivity contribution in [3.63, 3.8) is 0 Å². The van der Waals surface area contributed by atoms with E-state index in [0.29, 0.717) is 11.4 Å². The minimum Gasteiger partial charge on any atom is -0.363 e. The van der Waals surface area contributed by atoms with Crippen LogP contribution >= 0.6 is 0 Å². The summed E-state index contributed by atoms with van der Waals surface area (Å²) in [5, 5.41) is 26.7. The first kappa shape index (κ1) is 39.0. The van der Waals surface area contributed by atoms with Gasteiger partial charge in [0.25, 0.3) is 0 Å². The number of azo groups is 3. The zero-order valence-electron chi connectivity index (χ0n) is 33.2. The Hall–Kier alpha value is -7.84. The van der Waals surface area contributed by atoms with Gasteiger partial charge in [0.05, 0.1) is 34.1 Å². The summed E-state index contributed by atoms with van der Waals surface area (Å²) in [6.45, 7) is 3.22. The van der Waals surface area contributed by atoms with Crippen LogP contribution in [0.4, 0.5) is 45.5 Å². The number of rotatable bonds is 16. The van der Waals surface area contributed by atoms with Crippen molar-refractivity contribution in [3.05, 3.63) is 241 Å². The van der Waals surface area contributed by atoms with Gasteiger partial charge in [0.2, 0.25) is 0 Å².